The Morgan fingerprint density at radius 2 is 2.00 bits per heavy atom. The number of nitrogens with two attached hydrogens (primary N) is 1. The highest BCUT2D eigenvalue weighted by molar-refractivity contribution is 7.09. The Kier molecular flexibility index (Phi) is 5.45. The molecular formula is C19H21FN6OS. The summed E-state index contributed by atoms with van der Waals surface area (Å²) in [7, 11) is 0. The third-order valence-electron chi connectivity index (χ3n) is 5.17. The molecule has 0 bridgehead atoms. The number of amides is 1. The molecule has 1 aliphatic heterocycles. The number of benzene rings is 1. The summed E-state index contributed by atoms with van der Waals surface area (Å²) >= 11 is 1.65. The molecule has 7 nitrogen and oxygen atoms in total. The molecule has 4 rings (SSSR count). The predicted molar refractivity (Wildman–Crippen MR) is 103 cm³/mol. The van der Waals surface area contributed by atoms with E-state index in [0.29, 0.717) is 38.3 Å². The maximum absolute atomic E-state index is 13.5. The van der Waals surface area contributed by atoms with Gasteiger partial charge >= 0.3 is 0 Å². The first-order chi connectivity index (χ1) is 13.6. The van der Waals surface area contributed by atoms with Crippen molar-refractivity contribution in [3.63, 3.8) is 0 Å². The van der Waals surface area contributed by atoms with Gasteiger partial charge in [0.05, 0.1) is 12.6 Å². The van der Waals surface area contributed by atoms with E-state index in [0.717, 1.165) is 10.4 Å². The van der Waals surface area contributed by atoms with Gasteiger partial charge in [0, 0.05) is 10.8 Å². The minimum absolute atomic E-state index is 0.104. The number of halogens is 1. The fraction of sp³-hybridized carbons (Fsp3) is 0.368. The molecule has 0 spiro atoms. The van der Waals surface area contributed by atoms with Gasteiger partial charge in [0.1, 0.15) is 5.82 Å². The Bertz CT molecular complexity index is 918. The van der Waals surface area contributed by atoms with E-state index in [4.69, 9.17) is 5.73 Å². The molecule has 3 aromatic rings. The molecule has 0 radical (unpaired) electrons. The first-order valence-electron chi connectivity index (χ1n) is 9.19. The van der Waals surface area contributed by atoms with Crippen molar-refractivity contribution < 1.29 is 9.18 Å². The largest absolute Gasteiger partial charge is 0.369 e. The van der Waals surface area contributed by atoms with E-state index in [9.17, 15) is 9.18 Å². The van der Waals surface area contributed by atoms with Gasteiger partial charge in [0.15, 0.2) is 5.82 Å². The zero-order valence-electron chi connectivity index (χ0n) is 15.2. The fourth-order valence-corrected chi connectivity index (χ4v) is 4.37. The number of likely N-dealkylation sites (tertiary alicyclic amines) is 1. The molecule has 1 amide bonds. The maximum Gasteiger partial charge on any atom is 0.220 e. The first kappa shape index (κ1) is 18.7. The van der Waals surface area contributed by atoms with Crippen LogP contribution >= 0.6 is 11.3 Å². The van der Waals surface area contributed by atoms with Crippen molar-refractivity contribution in [2.24, 2.45) is 11.7 Å². The number of piperidine rings is 1. The minimum Gasteiger partial charge on any atom is -0.369 e. The molecule has 1 aliphatic rings. The van der Waals surface area contributed by atoms with Crippen molar-refractivity contribution in [3.05, 3.63) is 63.9 Å². The number of tetrazole rings is 1. The lowest BCUT2D eigenvalue weighted by molar-refractivity contribution is -0.123. The molecule has 2 N–H and O–H groups in total. The summed E-state index contributed by atoms with van der Waals surface area (Å²) in [6.07, 6.45) is 1.39. The van der Waals surface area contributed by atoms with Crippen LogP contribution in [-0.2, 0) is 11.3 Å². The van der Waals surface area contributed by atoms with Gasteiger partial charge in [-0.1, -0.05) is 18.2 Å². The van der Waals surface area contributed by atoms with Crippen LogP contribution in [0, 0.1) is 11.7 Å². The van der Waals surface area contributed by atoms with Crippen LogP contribution in [-0.4, -0.2) is 44.1 Å². The van der Waals surface area contributed by atoms with Crippen molar-refractivity contribution in [1.82, 2.24) is 25.1 Å². The third-order valence-corrected chi connectivity index (χ3v) is 6.03. The molecule has 0 saturated carbocycles. The number of nitrogens with zero attached hydrogens (tertiary/aromatic N) is 5. The highest BCUT2D eigenvalue weighted by atomic mass is 32.1. The van der Waals surface area contributed by atoms with Crippen molar-refractivity contribution in [3.8, 4) is 0 Å². The van der Waals surface area contributed by atoms with Gasteiger partial charge in [-0.2, -0.15) is 0 Å². The molecule has 3 heterocycles. The maximum atomic E-state index is 13.5. The van der Waals surface area contributed by atoms with E-state index in [1.807, 2.05) is 17.5 Å². The Hall–Kier alpha value is -2.65. The SMILES string of the molecule is NC(=O)C1CCN(C(c2ccc(F)cc2)c2nnnn2Cc2cccs2)CC1. The van der Waals surface area contributed by atoms with E-state index in [1.165, 1.54) is 12.1 Å². The Morgan fingerprint density at radius 3 is 2.64 bits per heavy atom. The second-order valence-corrected chi connectivity index (χ2v) is 7.97. The van der Waals surface area contributed by atoms with Crippen molar-refractivity contribution in [2.45, 2.75) is 25.4 Å². The second kappa shape index (κ2) is 8.15. The lowest BCUT2D eigenvalue weighted by Gasteiger charge is -2.36. The number of thiophene rings is 1. The van der Waals surface area contributed by atoms with Gasteiger partial charge in [-0.05, 0) is 65.5 Å². The predicted octanol–water partition coefficient (Wildman–Crippen LogP) is 2.21. The lowest BCUT2D eigenvalue weighted by atomic mass is 9.93. The molecule has 28 heavy (non-hydrogen) atoms. The molecule has 146 valence electrons. The van der Waals surface area contributed by atoms with Crippen molar-refractivity contribution in [2.75, 3.05) is 13.1 Å². The molecule has 0 aliphatic carbocycles. The number of hydrogen-bond acceptors (Lipinski definition) is 6. The van der Waals surface area contributed by atoms with E-state index in [2.05, 4.69) is 20.4 Å². The fourth-order valence-electron chi connectivity index (χ4n) is 3.68. The molecule has 2 aromatic heterocycles. The van der Waals surface area contributed by atoms with E-state index in [-0.39, 0.29) is 23.7 Å². The molecule has 1 fully saturated rings. The zero-order valence-corrected chi connectivity index (χ0v) is 16.1. The van der Waals surface area contributed by atoms with Gasteiger partial charge in [0.2, 0.25) is 5.91 Å². The van der Waals surface area contributed by atoms with Crippen molar-refractivity contribution in [1.29, 1.82) is 0 Å². The van der Waals surface area contributed by atoms with Gasteiger partial charge in [-0.15, -0.1) is 16.4 Å². The molecule has 1 unspecified atom stereocenters. The Balaban J connectivity index is 1.65. The summed E-state index contributed by atoms with van der Waals surface area (Å²) in [6, 6.07) is 10.3. The smallest absolute Gasteiger partial charge is 0.220 e. The summed E-state index contributed by atoms with van der Waals surface area (Å²) in [6.45, 7) is 1.97. The summed E-state index contributed by atoms with van der Waals surface area (Å²) in [5.74, 6) is 0.0680. The quantitative estimate of drug-likeness (QED) is 0.685. The van der Waals surface area contributed by atoms with Crippen LogP contribution in [0.25, 0.3) is 0 Å². The number of rotatable bonds is 6. The van der Waals surface area contributed by atoms with Crippen molar-refractivity contribution >= 4 is 17.2 Å². The van der Waals surface area contributed by atoms with Gasteiger partial charge in [-0.25, -0.2) is 9.07 Å². The van der Waals surface area contributed by atoms with Crippen LogP contribution in [0.5, 0.6) is 0 Å². The van der Waals surface area contributed by atoms with Gasteiger partial charge < -0.3 is 5.73 Å². The van der Waals surface area contributed by atoms with Crippen LogP contribution in [0.3, 0.4) is 0 Å². The third kappa shape index (κ3) is 3.95. The molecular weight excluding hydrogens is 379 g/mol. The summed E-state index contributed by atoms with van der Waals surface area (Å²) in [4.78, 5) is 14.9. The van der Waals surface area contributed by atoms with E-state index >= 15 is 0 Å². The number of carbonyl (C=O) groups is 1. The van der Waals surface area contributed by atoms with Crippen LogP contribution in [0.2, 0.25) is 0 Å². The number of carbonyl (C=O) groups excluding carboxylic acids is 1. The van der Waals surface area contributed by atoms with E-state index in [1.54, 1.807) is 28.2 Å². The molecule has 1 aromatic carbocycles. The lowest BCUT2D eigenvalue weighted by Crippen LogP contribution is -2.41. The summed E-state index contributed by atoms with van der Waals surface area (Å²) in [5, 5.41) is 14.4. The normalized spacial score (nSPS) is 16.9. The van der Waals surface area contributed by atoms with Crippen LogP contribution in [0.4, 0.5) is 4.39 Å². The zero-order chi connectivity index (χ0) is 19.5. The number of primary amides is 1. The van der Waals surface area contributed by atoms with Gasteiger partial charge in [0.25, 0.3) is 0 Å². The topological polar surface area (TPSA) is 89.9 Å². The van der Waals surface area contributed by atoms with Gasteiger partial charge in [-0.3, -0.25) is 9.69 Å². The minimum atomic E-state index is -0.284. The monoisotopic (exact) mass is 400 g/mol. The molecule has 9 heteroatoms. The van der Waals surface area contributed by atoms with Crippen LogP contribution in [0.15, 0.2) is 41.8 Å². The highest BCUT2D eigenvalue weighted by Gasteiger charge is 2.32. The average Bonchev–Trinajstić information content (AvgIpc) is 3.37. The van der Waals surface area contributed by atoms with Crippen LogP contribution < -0.4 is 5.73 Å². The number of hydrogen-bond donors (Lipinski definition) is 1. The summed E-state index contributed by atoms with van der Waals surface area (Å²) < 4.78 is 15.3. The first-order valence-corrected chi connectivity index (χ1v) is 10.1. The second-order valence-electron chi connectivity index (χ2n) is 6.94. The van der Waals surface area contributed by atoms with E-state index < -0.39 is 0 Å². The Morgan fingerprint density at radius 1 is 1.25 bits per heavy atom. The highest BCUT2D eigenvalue weighted by Crippen LogP contribution is 2.31. The molecule has 1 atom stereocenters. The average molecular weight is 400 g/mol. The summed E-state index contributed by atoms with van der Waals surface area (Å²) in [5.41, 5.74) is 6.39. The standard InChI is InChI=1S/C19H21FN6OS/c20-15-5-3-13(4-6-15)17(25-9-7-14(8-10-25)18(21)27)19-22-23-24-26(19)12-16-2-1-11-28-16/h1-6,11,14,17H,7-10,12H2,(H2,21,27). The Labute approximate surface area is 166 Å². The molecule has 1 saturated heterocycles. The number of aromatic nitrogens is 4. The van der Waals surface area contributed by atoms with Crippen LogP contribution in [0.1, 0.15) is 35.1 Å².